The first-order valence-electron chi connectivity index (χ1n) is 10.3. The molecule has 2 N–H and O–H groups in total. The number of thiazole rings is 1. The van der Waals surface area contributed by atoms with E-state index >= 15 is 0 Å². The Balaban J connectivity index is 1.79. The molecule has 0 saturated carbocycles. The lowest BCUT2D eigenvalue weighted by atomic mass is 10.0. The number of rotatable bonds is 5. The maximum Gasteiger partial charge on any atom is 0.242 e. The molecule has 0 spiro atoms. The van der Waals surface area contributed by atoms with Crippen LogP contribution in [0, 0.1) is 6.92 Å². The number of nitrogens with zero attached hydrogens (tertiary/aromatic N) is 2. The molecule has 6 nitrogen and oxygen atoms in total. The maximum absolute atomic E-state index is 13.4. The van der Waals surface area contributed by atoms with Crippen LogP contribution in [0.15, 0.2) is 59.0 Å². The van der Waals surface area contributed by atoms with E-state index in [4.69, 9.17) is 16.0 Å². The van der Waals surface area contributed by atoms with Gasteiger partial charge in [-0.2, -0.15) is 0 Å². The van der Waals surface area contributed by atoms with Crippen molar-refractivity contribution < 1.29 is 19.4 Å². The Labute approximate surface area is 198 Å². The van der Waals surface area contributed by atoms with Crippen LogP contribution < -0.4 is 0 Å². The van der Waals surface area contributed by atoms with Gasteiger partial charge < -0.3 is 14.6 Å². The lowest BCUT2D eigenvalue weighted by molar-refractivity contribution is 0.101. The number of aryl methyl sites for hydroxylation is 2. The minimum atomic E-state index is -0.547. The van der Waals surface area contributed by atoms with Gasteiger partial charge in [0, 0.05) is 5.02 Å². The summed E-state index contributed by atoms with van der Waals surface area (Å²) in [7, 11) is 0. The van der Waals surface area contributed by atoms with E-state index in [9.17, 15) is 15.0 Å². The highest BCUT2D eigenvalue weighted by Gasteiger charge is 2.32. The predicted octanol–water partition coefficient (Wildman–Crippen LogP) is 6.51. The van der Waals surface area contributed by atoms with Gasteiger partial charge in [-0.3, -0.25) is 9.36 Å². The molecule has 3 heterocycles. The summed E-state index contributed by atoms with van der Waals surface area (Å²) in [6.07, 6.45) is 0.885. The summed E-state index contributed by atoms with van der Waals surface area (Å²) in [6.45, 7) is 3.80. The average Bonchev–Trinajstić information content (AvgIpc) is 3.49. The van der Waals surface area contributed by atoms with Crippen molar-refractivity contribution in [3.05, 3.63) is 82.3 Å². The number of carbonyl (C=O) groups excluding carboxylic acids is 1. The Hall–Kier alpha value is -3.55. The van der Waals surface area contributed by atoms with E-state index in [0.717, 1.165) is 16.6 Å². The van der Waals surface area contributed by atoms with Gasteiger partial charge in [-0.1, -0.05) is 48.1 Å². The van der Waals surface area contributed by atoms with E-state index in [-0.39, 0.29) is 11.3 Å². The van der Waals surface area contributed by atoms with Crippen molar-refractivity contribution in [1.82, 2.24) is 9.55 Å². The molecule has 3 aromatic heterocycles. The first-order chi connectivity index (χ1) is 15.9. The summed E-state index contributed by atoms with van der Waals surface area (Å²) in [5.74, 6) is -0.928. The molecule has 0 unspecified atom stereocenters. The molecule has 5 rings (SSSR count). The molecule has 0 aliphatic heterocycles. The van der Waals surface area contributed by atoms with Crippen molar-refractivity contribution in [1.29, 1.82) is 0 Å². The minimum absolute atomic E-state index is 0.0621. The largest absolute Gasteiger partial charge is 0.503 e. The van der Waals surface area contributed by atoms with Crippen LogP contribution in [0.1, 0.15) is 34.4 Å². The molecule has 0 aliphatic carbocycles. The number of benzene rings is 2. The normalized spacial score (nSPS) is 11.4. The SMILES string of the molecule is CCc1ccc2nc(-n3c(O)c(O)c(C(=O)c4ccc(C)o4)c3-c3ccc(Cl)cc3)sc2c1. The first kappa shape index (κ1) is 21.3. The van der Waals surface area contributed by atoms with Gasteiger partial charge in [-0.25, -0.2) is 4.98 Å². The number of aromatic nitrogens is 2. The molecule has 0 fully saturated rings. The van der Waals surface area contributed by atoms with Crippen LogP contribution in [0.4, 0.5) is 0 Å². The van der Waals surface area contributed by atoms with Crippen LogP contribution in [0.3, 0.4) is 0 Å². The van der Waals surface area contributed by atoms with Crippen LogP contribution in [-0.4, -0.2) is 25.5 Å². The average molecular weight is 479 g/mol. The van der Waals surface area contributed by atoms with Gasteiger partial charge >= 0.3 is 0 Å². The van der Waals surface area contributed by atoms with Crippen molar-refractivity contribution in [3.63, 3.8) is 0 Å². The van der Waals surface area contributed by atoms with Crippen molar-refractivity contribution >= 4 is 38.9 Å². The smallest absolute Gasteiger partial charge is 0.242 e. The van der Waals surface area contributed by atoms with Crippen LogP contribution in [0.25, 0.3) is 26.6 Å². The molecule has 0 aliphatic rings. The standard InChI is InChI=1S/C25H19ClN2O4S/c1-3-14-5-10-17-19(12-14)33-25(27-17)28-21(15-6-8-16(26)9-7-15)20(23(30)24(28)31)22(29)18-11-4-13(2)32-18/h4-12,30-31H,3H2,1-2H3. The first-order valence-corrected chi connectivity index (χ1v) is 11.5. The van der Waals surface area contributed by atoms with E-state index in [1.165, 1.54) is 21.5 Å². The number of halogens is 1. The number of aromatic hydroxyl groups is 2. The van der Waals surface area contributed by atoms with Crippen molar-refractivity contribution in [3.8, 4) is 28.0 Å². The topological polar surface area (TPSA) is 88.5 Å². The molecule has 33 heavy (non-hydrogen) atoms. The summed E-state index contributed by atoms with van der Waals surface area (Å²) in [4.78, 5) is 18.0. The van der Waals surface area contributed by atoms with E-state index < -0.39 is 17.4 Å². The van der Waals surface area contributed by atoms with E-state index in [1.54, 1.807) is 43.3 Å². The van der Waals surface area contributed by atoms with Gasteiger partial charge in [0.25, 0.3) is 0 Å². The molecule has 0 amide bonds. The van der Waals surface area contributed by atoms with Gasteiger partial charge in [-0.05, 0) is 60.9 Å². The Morgan fingerprint density at radius 3 is 2.55 bits per heavy atom. The zero-order valence-electron chi connectivity index (χ0n) is 17.8. The summed E-state index contributed by atoms with van der Waals surface area (Å²) in [5, 5.41) is 22.8. The Morgan fingerprint density at radius 2 is 1.88 bits per heavy atom. The zero-order chi connectivity index (χ0) is 23.3. The molecule has 8 heteroatoms. The molecule has 0 saturated heterocycles. The quantitative estimate of drug-likeness (QED) is 0.281. The fourth-order valence-electron chi connectivity index (χ4n) is 3.78. The van der Waals surface area contributed by atoms with Crippen LogP contribution in [-0.2, 0) is 6.42 Å². The molecule has 0 radical (unpaired) electrons. The zero-order valence-corrected chi connectivity index (χ0v) is 19.4. The highest BCUT2D eigenvalue weighted by molar-refractivity contribution is 7.20. The number of ketones is 1. The van der Waals surface area contributed by atoms with Crippen LogP contribution >= 0.6 is 22.9 Å². The van der Waals surface area contributed by atoms with Crippen molar-refractivity contribution in [2.24, 2.45) is 0 Å². The highest BCUT2D eigenvalue weighted by atomic mass is 35.5. The third-order valence-corrected chi connectivity index (χ3v) is 6.73. The van der Waals surface area contributed by atoms with Gasteiger partial charge in [0.1, 0.15) is 5.76 Å². The van der Waals surface area contributed by atoms with E-state index in [0.29, 0.717) is 27.2 Å². The molecule has 5 aromatic rings. The maximum atomic E-state index is 13.4. The van der Waals surface area contributed by atoms with Gasteiger partial charge in [0.05, 0.1) is 21.5 Å². The molecular formula is C25H19ClN2O4S. The second-order valence-corrected chi connectivity index (χ2v) is 9.08. The Kier molecular flexibility index (Phi) is 5.23. The number of fused-ring (bicyclic) bond motifs is 1. The number of hydrogen-bond donors (Lipinski definition) is 2. The molecule has 2 aromatic carbocycles. The second-order valence-electron chi connectivity index (χ2n) is 7.63. The monoisotopic (exact) mass is 478 g/mol. The fourth-order valence-corrected chi connectivity index (χ4v) is 4.95. The van der Waals surface area contributed by atoms with Crippen molar-refractivity contribution in [2.75, 3.05) is 0 Å². The number of carbonyl (C=O) groups is 1. The Bertz CT molecular complexity index is 1510. The summed E-state index contributed by atoms with van der Waals surface area (Å²) >= 11 is 7.44. The summed E-state index contributed by atoms with van der Waals surface area (Å²) in [5.41, 5.74) is 2.74. The van der Waals surface area contributed by atoms with Gasteiger partial charge in [0.2, 0.25) is 11.7 Å². The predicted molar refractivity (Wildman–Crippen MR) is 129 cm³/mol. The molecular weight excluding hydrogens is 460 g/mol. The fraction of sp³-hybridized carbons (Fsp3) is 0.120. The number of furan rings is 1. The van der Waals surface area contributed by atoms with Gasteiger partial charge in [-0.15, -0.1) is 0 Å². The second kappa shape index (κ2) is 8.10. The van der Waals surface area contributed by atoms with E-state index in [1.807, 2.05) is 12.1 Å². The molecule has 166 valence electrons. The van der Waals surface area contributed by atoms with Crippen LogP contribution in [0.2, 0.25) is 5.02 Å². The van der Waals surface area contributed by atoms with Crippen LogP contribution in [0.5, 0.6) is 11.6 Å². The minimum Gasteiger partial charge on any atom is -0.503 e. The summed E-state index contributed by atoms with van der Waals surface area (Å²) < 4.78 is 7.85. The lowest BCUT2D eigenvalue weighted by Crippen LogP contribution is -2.04. The third kappa shape index (κ3) is 3.59. The van der Waals surface area contributed by atoms with Gasteiger partial charge in [0.15, 0.2) is 16.6 Å². The lowest BCUT2D eigenvalue weighted by Gasteiger charge is -2.09. The summed E-state index contributed by atoms with van der Waals surface area (Å²) in [6, 6.07) is 16.0. The third-order valence-electron chi connectivity index (χ3n) is 5.47. The highest BCUT2D eigenvalue weighted by Crippen LogP contribution is 2.45. The Morgan fingerprint density at radius 1 is 1.12 bits per heavy atom. The van der Waals surface area contributed by atoms with Crippen molar-refractivity contribution in [2.45, 2.75) is 20.3 Å². The van der Waals surface area contributed by atoms with E-state index in [2.05, 4.69) is 18.0 Å². The number of hydrogen-bond acceptors (Lipinski definition) is 6. The molecule has 0 atom stereocenters. The molecule has 0 bridgehead atoms.